The lowest BCUT2D eigenvalue weighted by atomic mass is 10.0. The molecule has 0 aliphatic rings. The SMILES string of the molecule is CC(=O)C(=[N+]=[N-])C(=O)CCCCCCCCCCCCc1ccc(S(=O)(=O)Cl)cc1. The van der Waals surface area contributed by atoms with E-state index in [1.165, 1.54) is 32.6 Å². The summed E-state index contributed by atoms with van der Waals surface area (Å²) in [5, 5.41) is 0. The van der Waals surface area contributed by atoms with E-state index < -0.39 is 14.8 Å². The molecule has 0 saturated heterocycles. The minimum absolute atomic E-state index is 0.138. The third-order valence-electron chi connectivity index (χ3n) is 5.02. The first-order valence-electron chi connectivity index (χ1n) is 10.6. The van der Waals surface area contributed by atoms with Gasteiger partial charge in [-0.05, 0) is 37.0 Å². The zero-order chi connectivity index (χ0) is 22.4. The van der Waals surface area contributed by atoms with Gasteiger partial charge in [0.25, 0.3) is 9.05 Å². The van der Waals surface area contributed by atoms with Crippen molar-refractivity contribution in [3.05, 3.63) is 35.4 Å². The van der Waals surface area contributed by atoms with Crippen LogP contribution in [0.4, 0.5) is 0 Å². The van der Waals surface area contributed by atoms with Crippen molar-refractivity contribution in [1.82, 2.24) is 0 Å². The van der Waals surface area contributed by atoms with Crippen molar-refractivity contribution in [3.63, 3.8) is 0 Å². The Kier molecular flexibility index (Phi) is 12.4. The summed E-state index contributed by atoms with van der Waals surface area (Å²) in [6.07, 6.45) is 12.1. The Morgan fingerprint density at radius 3 is 1.77 bits per heavy atom. The Morgan fingerprint density at radius 2 is 1.33 bits per heavy atom. The smallest absolute Gasteiger partial charge is 0.360 e. The van der Waals surface area contributed by atoms with E-state index in [1.54, 1.807) is 12.1 Å². The van der Waals surface area contributed by atoms with Crippen LogP contribution in [0, 0.1) is 0 Å². The second-order valence-electron chi connectivity index (χ2n) is 7.55. The van der Waals surface area contributed by atoms with E-state index in [0.717, 1.165) is 44.1 Å². The first-order chi connectivity index (χ1) is 14.3. The van der Waals surface area contributed by atoms with Gasteiger partial charge in [0.2, 0.25) is 11.6 Å². The Labute approximate surface area is 184 Å². The molecule has 0 saturated carbocycles. The molecule has 0 unspecified atom stereocenters. The summed E-state index contributed by atoms with van der Waals surface area (Å²) in [5.41, 5.74) is 9.43. The lowest BCUT2D eigenvalue weighted by molar-refractivity contribution is -0.123. The molecular weight excluding hydrogens is 424 g/mol. The average Bonchev–Trinajstić information content (AvgIpc) is 2.68. The Hall–Kier alpha value is -1.82. The highest BCUT2D eigenvalue weighted by molar-refractivity contribution is 8.13. The van der Waals surface area contributed by atoms with Crippen LogP contribution in [-0.2, 0) is 25.1 Å². The molecule has 0 heterocycles. The van der Waals surface area contributed by atoms with Gasteiger partial charge in [0.05, 0.1) is 4.90 Å². The molecule has 1 aromatic carbocycles. The summed E-state index contributed by atoms with van der Waals surface area (Å²) in [7, 11) is 1.66. The van der Waals surface area contributed by atoms with Gasteiger partial charge in [0, 0.05) is 24.0 Å². The number of halogens is 1. The normalized spacial score (nSPS) is 11.1. The minimum Gasteiger partial charge on any atom is -0.360 e. The predicted octanol–water partition coefficient (Wildman–Crippen LogP) is 5.28. The molecule has 0 bridgehead atoms. The molecular formula is C22H31ClN2O4S. The molecule has 0 aliphatic carbocycles. The second kappa shape index (κ2) is 14.2. The van der Waals surface area contributed by atoms with E-state index in [1.807, 2.05) is 12.1 Å². The molecule has 0 radical (unpaired) electrons. The molecule has 0 amide bonds. The zero-order valence-electron chi connectivity index (χ0n) is 17.6. The van der Waals surface area contributed by atoms with Gasteiger partial charge in [-0.3, -0.25) is 9.59 Å². The molecule has 0 aliphatic heterocycles. The van der Waals surface area contributed by atoms with Gasteiger partial charge in [0.15, 0.2) is 0 Å². The van der Waals surface area contributed by atoms with Crippen molar-refractivity contribution in [2.24, 2.45) is 0 Å². The van der Waals surface area contributed by atoms with E-state index in [-0.39, 0.29) is 22.8 Å². The summed E-state index contributed by atoms with van der Waals surface area (Å²) in [4.78, 5) is 25.7. The lowest BCUT2D eigenvalue weighted by Gasteiger charge is -2.04. The number of aryl methyl sites for hydroxylation is 1. The average molecular weight is 455 g/mol. The molecule has 6 nitrogen and oxygen atoms in total. The summed E-state index contributed by atoms with van der Waals surface area (Å²) < 4.78 is 22.4. The van der Waals surface area contributed by atoms with Crippen LogP contribution in [0.2, 0.25) is 0 Å². The third kappa shape index (κ3) is 10.8. The van der Waals surface area contributed by atoms with E-state index in [2.05, 4.69) is 4.79 Å². The van der Waals surface area contributed by atoms with E-state index >= 15 is 0 Å². The first-order valence-corrected chi connectivity index (χ1v) is 12.9. The van der Waals surface area contributed by atoms with Crippen LogP contribution >= 0.6 is 10.7 Å². The Bertz CT molecular complexity index is 844. The molecule has 166 valence electrons. The van der Waals surface area contributed by atoms with Crippen molar-refractivity contribution in [2.45, 2.75) is 88.9 Å². The van der Waals surface area contributed by atoms with Gasteiger partial charge >= 0.3 is 5.71 Å². The van der Waals surface area contributed by atoms with Gasteiger partial charge in [0.1, 0.15) is 0 Å². The topological polar surface area (TPSA) is 105 Å². The molecule has 0 N–H and O–H groups in total. The van der Waals surface area contributed by atoms with Gasteiger partial charge in [-0.2, -0.15) is 4.79 Å². The van der Waals surface area contributed by atoms with Crippen LogP contribution in [0.25, 0.3) is 5.53 Å². The van der Waals surface area contributed by atoms with Crippen molar-refractivity contribution < 1.29 is 22.8 Å². The Balaban J connectivity index is 1.98. The van der Waals surface area contributed by atoms with Crippen LogP contribution in [0.3, 0.4) is 0 Å². The highest BCUT2D eigenvalue weighted by atomic mass is 35.7. The number of rotatable bonds is 16. The highest BCUT2D eigenvalue weighted by Gasteiger charge is 2.24. The van der Waals surface area contributed by atoms with E-state index in [9.17, 15) is 18.0 Å². The number of ketones is 2. The number of hydrogen-bond donors (Lipinski definition) is 0. The summed E-state index contributed by atoms with van der Waals surface area (Å²) in [5.74, 6) is -0.882. The van der Waals surface area contributed by atoms with Crippen molar-refractivity contribution in [3.8, 4) is 0 Å². The molecule has 0 fully saturated rings. The van der Waals surface area contributed by atoms with Crippen LogP contribution < -0.4 is 0 Å². The van der Waals surface area contributed by atoms with Gasteiger partial charge in [-0.1, -0.05) is 63.5 Å². The van der Waals surface area contributed by atoms with Gasteiger partial charge in [-0.25, -0.2) is 8.42 Å². The third-order valence-corrected chi connectivity index (χ3v) is 6.39. The standard InChI is InChI=1S/C22H31ClN2O4S/c1-18(26)22(25-24)21(27)13-11-9-7-5-3-2-4-6-8-10-12-19-14-16-20(17-15-19)30(23,28)29/h14-17H,2-13H2,1H3. The number of carbonyl (C=O) groups is 2. The number of nitrogens with zero attached hydrogens (tertiary/aromatic N) is 2. The summed E-state index contributed by atoms with van der Waals surface area (Å²) in [6, 6.07) is 6.74. The van der Waals surface area contributed by atoms with E-state index in [4.69, 9.17) is 16.2 Å². The molecule has 0 aromatic heterocycles. The maximum atomic E-state index is 11.7. The quantitative estimate of drug-likeness (QED) is 0.0845. The van der Waals surface area contributed by atoms with Crippen LogP contribution in [0.5, 0.6) is 0 Å². The first kappa shape index (κ1) is 26.2. The van der Waals surface area contributed by atoms with Crippen molar-refractivity contribution >= 4 is 37.0 Å². The number of hydrogen-bond acceptors (Lipinski definition) is 4. The fourth-order valence-electron chi connectivity index (χ4n) is 3.29. The summed E-state index contributed by atoms with van der Waals surface area (Å²) >= 11 is 0. The molecule has 0 atom stereocenters. The van der Waals surface area contributed by atoms with Crippen molar-refractivity contribution in [2.75, 3.05) is 0 Å². The maximum absolute atomic E-state index is 11.7. The highest BCUT2D eigenvalue weighted by Crippen LogP contribution is 2.17. The maximum Gasteiger partial charge on any atom is 0.399 e. The number of benzene rings is 1. The van der Waals surface area contributed by atoms with Crippen LogP contribution in [-0.4, -0.2) is 30.5 Å². The second-order valence-corrected chi connectivity index (χ2v) is 10.1. The largest absolute Gasteiger partial charge is 0.399 e. The molecule has 0 spiro atoms. The fourth-order valence-corrected chi connectivity index (χ4v) is 4.06. The van der Waals surface area contributed by atoms with Crippen LogP contribution in [0.15, 0.2) is 29.2 Å². The molecule has 1 aromatic rings. The number of unbranched alkanes of at least 4 members (excludes halogenated alkanes) is 9. The van der Waals surface area contributed by atoms with E-state index in [0.29, 0.717) is 6.42 Å². The fraction of sp³-hybridized carbons (Fsp3) is 0.591. The van der Waals surface area contributed by atoms with Gasteiger partial charge < -0.3 is 5.53 Å². The predicted molar refractivity (Wildman–Crippen MR) is 118 cm³/mol. The zero-order valence-corrected chi connectivity index (χ0v) is 19.2. The molecule has 8 heteroatoms. The minimum atomic E-state index is -3.65. The summed E-state index contributed by atoms with van der Waals surface area (Å²) in [6.45, 7) is 1.22. The number of Topliss-reactive ketones (excluding diaryl/α,β-unsaturated/α-hetero) is 2. The molecule has 30 heavy (non-hydrogen) atoms. The molecule has 1 rings (SSSR count). The number of carbonyl (C=O) groups excluding carboxylic acids is 2. The van der Waals surface area contributed by atoms with Crippen LogP contribution in [0.1, 0.15) is 83.1 Å². The Morgan fingerprint density at radius 1 is 0.867 bits per heavy atom. The van der Waals surface area contributed by atoms with Crippen molar-refractivity contribution in [1.29, 1.82) is 0 Å². The lowest BCUT2D eigenvalue weighted by Crippen LogP contribution is -2.22. The van der Waals surface area contributed by atoms with Gasteiger partial charge in [-0.15, -0.1) is 0 Å². The monoisotopic (exact) mass is 454 g/mol.